The molecule has 1 aliphatic rings. The Hall–Kier alpha value is -1.19. The molecule has 2 aromatic rings. The van der Waals surface area contributed by atoms with Gasteiger partial charge in [-0.3, -0.25) is 0 Å². The van der Waals surface area contributed by atoms with Crippen LogP contribution < -0.4 is 5.73 Å². The molecule has 1 atom stereocenters. The summed E-state index contributed by atoms with van der Waals surface area (Å²) in [5.41, 5.74) is 10.2. The van der Waals surface area contributed by atoms with Crippen molar-refractivity contribution in [2.45, 2.75) is 39.2 Å². The second-order valence-electron chi connectivity index (χ2n) is 5.40. The molecule has 3 heteroatoms. The summed E-state index contributed by atoms with van der Waals surface area (Å²) in [5, 5.41) is 0. The van der Waals surface area contributed by atoms with Gasteiger partial charge in [0.25, 0.3) is 0 Å². The average molecular weight is 275 g/mol. The number of hydrogen-bond acceptors (Lipinski definition) is 2. The smallest absolute Gasteiger partial charge is 0.129 e. The molecule has 2 N–H and O–H groups in total. The topological polar surface area (TPSA) is 26.0 Å². The zero-order chi connectivity index (χ0) is 13.6. The Morgan fingerprint density at radius 3 is 2.47 bits per heavy atom. The maximum atomic E-state index is 13.7. The lowest BCUT2D eigenvalue weighted by atomic mass is 10.00. The zero-order valence-corrected chi connectivity index (χ0v) is 12.1. The van der Waals surface area contributed by atoms with Crippen LogP contribution in [0.3, 0.4) is 0 Å². The van der Waals surface area contributed by atoms with Crippen LogP contribution in [0.25, 0.3) is 0 Å². The molecule has 0 saturated carbocycles. The normalized spacial score (nSPS) is 15.6. The van der Waals surface area contributed by atoms with Crippen LogP contribution in [0, 0.1) is 19.7 Å². The quantitative estimate of drug-likeness (QED) is 0.879. The van der Waals surface area contributed by atoms with E-state index in [1.165, 1.54) is 34.6 Å². The molecule has 100 valence electrons. The van der Waals surface area contributed by atoms with E-state index < -0.39 is 0 Å². The summed E-state index contributed by atoms with van der Waals surface area (Å²) in [5.74, 6) is -0.121. The van der Waals surface area contributed by atoms with E-state index in [1.54, 1.807) is 13.8 Å². The first kappa shape index (κ1) is 12.8. The molecule has 3 rings (SSSR count). The summed E-state index contributed by atoms with van der Waals surface area (Å²) in [4.78, 5) is 2.69. The largest absolute Gasteiger partial charge is 0.320 e. The number of benzene rings is 1. The van der Waals surface area contributed by atoms with Crippen molar-refractivity contribution in [3.63, 3.8) is 0 Å². The summed E-state index contributed by atoms with van der Waals surface area (Å²) in [6.45, 7) is 3.60. The number of aryl methyl sites for hydroxylation is 4. The molecule has 1 nitrogen and oxygen atoms in total. The van der Waals surface area contributed by atoms with Crippen molar-refractivity contribution in [3.8, 4) is 0 Å². The predicted octanol–water partition coefficient (Wildman–Crippen LogP) is 4.04. The Balaban J connectivity index is 1.97. The second kappa shape index (κ2) is 4.73. The van der Waals surface area contributed by atoms with E-state index >= 15 is 0 Å². The first-order valence-corrected chi connectivity index (χ1v) is 7.51. The van der Waals surface area contributed by atoms with Gasteiger partial charge in [-0.05, 0) is 61.4 Å². The minimum absolute atomic E-state index is 0.121. The second-order valence-corrected chi connectivity index (χ2v) is 6.57. The molecule has 19 heavy (non-hydrogen) atoms. The van der Waals surface area contributed by atoms with E-state index in [1.807, 2.05) is 23.5 Å². The molecule has 1 aromatic carbocycles. The molecule has 0 aliphatic heterocycles. The highest BCUT2D eigenvalue weighted by Crippen LogP contribution is 2.35. The van der Waals surface area contributed by atoms with Gasteiger partial charge in [0.1, 0.15) is 5.82 Å². The highest BCUT2D eigenvalue weighted by Gasteiger charge is 2.19. The molecule has 1 aromatic heterocycles. The van der Waals surface area contributed by atoms with Crippen LogP contribution in [-0.2, 0) is 12.8 Å². The van der Waals surface area contributed by atoms with Gasteiger partial charge in [0.2, 0.25) is 0 Å². The van der Waals surface area contributed by atoms with Crippen molar-refractivity contribution in [2.24, 2.45) is 5.73 Å². The van der Waals surface area contributed by atoms with Gasteiger partial charge >= 0.3 is 0 Å². The standard InChI is InChI=1S/C16H18FNS/c1-9-6-12(7-10(2)15(9)17)16(18)14-8-11-4-3-5-13(11)19-14/h6-8,16H,3-5,18H2,1-2H3. The van der Waals surface area contributed by atoms with Crippen molar-refractivity contribution in [1.82, 2.24) is 0 Å². The van der Waals surface area contributed by atoms with Gasteiger partial charge in [0.05, 0.1) is 6.04 Å². The predicted molar refractivity (Wildman–Crippen MR) is 78.2 cm³/mol. The summed E-state index contributed by atoms with van der Waals surface area (Å²) in [7, 11) is 0. The Morgan fingerprint density at radius 2 is 1.84 bits per heavy atom. The Morgan fingerprint density at radius 1 is 1.16 bits per heavy atom. The van der Waals surface area contributed by atoms with Crippen molar-refractivity contribution < 1.29 is 4.39 Å². The van der Waals surface area contributed by atoms with Gasteiger partial charge in [-0.25, -0.2) is 4.39 Å². The molecule has 0 saturated heterocycles. The number of halogens is 1. The van der Waals surface area contributed by atoms with E-state index in [2.05, 4.69) is 6.07 Å². The van der Waals surface area contributed by atoms with E-state index in [-0.39, 0.29) is 11.9 Å². The summed E-state index contributed by atoms with van der Waals surface area (Å²) in [6, 6.07) is 5.86. The van der Waals surface area contributed by atoms with Crippen molar-refractivity contribution in [1.29, 1.82) is 0 Å². The Kier molecular flexibility index (Phi) is 3.19. The third kappa shape index (κ3) is 2.21. The van der Waals surface area contributed by atoms with Crippen LogP contribution in [0.5, 0.6) is 0 Å². The number of rotatable bonds is 2. The fourth-order valence-electron chi connectivity index (χ4n) is 2.83. The number of thiophene rings is 1. The van der Waals surface area contributed by atoms with Crippen molar-refractivity contribution in [2.75, 3.05) is 0 Å². The molecule has 0 amide bonds. The summed E-state index contributed by atoms with van der Waals surface area (Å²) < 4.78 is 13.7. The van der Waals surface area contributed by atoms with E-state index in [0.717, 1.165) is 5.56 Å². The molecule has 0 bridgehead atoms. The molecule has 1 heterocycles. The van der Waals surface area contributed by atoms with Crippen LogP contribution in [0.2, 0.25) is 0 Å². The molecular weight excluding hydrogens is 257 g/mol. The molecule has 1 unspecified atom stereocenters. The summed E-state index contributed by atoms with van der Waals surface area (Å²) >= 11 is 1.82. The van der Waals surface area contributed by atoms with E-state index in [9.17, 15) is 4.39 Å². The van der Waals surface area contributed by atoms with Gasteiger partial charge < -0.3 is 5.73 Å². The first-order chi connectivity index (χ1) is 9.06. The van der Waals surface area contributed by atoms with E-state index in [4.69, 9.17) is 5.73 Å². The Labute approximate surface area is 117 Å². The van der Waals surface area contributed by atoms with E-state index in [0.29, 0.717) is 11.1 Å². The van der Waals surface area contributed by atoms with Crippen LogP contribution in [0.15, 0.2) is 18.2 Å². The minimum atomic E-state index is -0.131. The highest BCUT2D eigenvalue weighted by molar-refractivity contribution is 7.12. The molecule has 0 radical (unpaired) electrons. The van der Waals surface area contributed by atoms with Crippen molar-refractivity contribution >= 4 is 11.3 Å². The fourth-order valence-corrected chi connectivity index (χ4v) is 4.12. The minimum Gasteiger partial charge on any atom is -0.320 e. The molecule has 0 spiro atoms. The molecular formula is C16H18FNS. The van der Waals surface area contributed by atoms with Gasteiger partial charge in [-0.15, -0.1) is 11.3 Å². The SMILES string of the molecule is Cc1cc(C(N)c2cc3c(s2)CCC3)cc(C)c1F. The Bertz CT molecular complexity index is 585. The lowest BCUT2D eigenvalue weighted by Crippen LogP contribution is -2.11. The van der Waals surface area contributed by atoms with Crippen LogP contribution >= 0.6 is 11.3 Å². The number of fused-ring (bicyclic) bond motifs is 1. The lowest BCUT2D eigenvalue weighted by molar-refractivity contribution is 0.607. The van der Waals surface area contributed by atoms with Crippen LogP contribution in [0.4, 0.5) is 4.39 Å². The number of nitrogens with two attached hydrogens (primary N) is 1. The lowest BCUT2D eigenvalue weighted by Gasteiger charge is -2.13. The van der Waals surface area contributed by atoms with Gasteiger partial charge in [0.15, 0.2) is 0 Å². The maximum Gasteiger partial charge on any atom is 0.129 e. The number of hydrogen-bond donors (Lipinski definition) is 1. The van der Waals surface area contributed by atoms with Crippen LogP contribution in [-0.4, -0.2) is 0 Å². The highest BCUT2D eigenvalue weighted by atomic mass is 32.1. The maximum absolute atomic E-state index is 13.7. The monoisotopic (exact) mass is 275 g/mol. The average Bonchev–Trinajstić information content (AvgIpc) is 2.94. The first-order valence-electron chi connectivity index (χ1n) is 6.70. The van der Waals surface area contributed by atoms with Crippen LogP contribution in [0.1, 0.15) is 44.5 Å². The summed E-state index contributed by atoms with van der Waals surface area (Å²) in [6.07, 6.45) is 3.64. The van der Waals surface area contributed by atoms with Gasteiger partial charge in [-0.2, -0.15) is 0 Å². The molecule has 0 fully saturated rings. The van der Waals surface area contributed by atoms with Crippen molar-refractivity contribution in [3.05, 3.63) is 56.0 Å². The zero-order valence-electron chi connectivity index (χ0n) is 11.3. The van der Waals surface area contributed by atoms with Gasteiger partial charge in [-0.1, -0.05) is 12.1 Å². The third-order valence-corrected chi connectivity index (χ3v) is 5.21. The molecule has 1 aliphatic carbocycles. The third-order valence-electron chi connectivity index (χ3n) is 3.89. The fraction of sp³-hybridized carbons (Fsp3) is 0.375. The van der Waals surface area contributed by atoms with Gasteiger partial charge in [0, 0.05) is 9.75 Å².